The average Bonchev–Trinajstić information content (AvgIpc) is 3.06. The van der Waals surface area contributed by atoms with Crippen molar-refractivity contribution in [3.63, 3.8) is 0 Å². The van der Waals surface area contributed by atoms with Crippen molar-refractivity contribution in [3.8, 4) is 0 Å². The summed E-state index contributed by atoms with van der Waals surface area (Å²) >= 11 is 0. The van der Waals surface area contributed by atoms with E-state index in [1.807, 2.05) is 6.92 Å². The van der Waals surface area contributed by atoms with Crippen LogP contribution in [-0.2, 0) is 4.79 Å². The zero-order valence-corrected chi connectivity index (χ0v) is 9.99. The van der Waals surface area contributed by atoms with Crippen molar-refractivity contribution in [1.82, 2.24) is 10.3 Å². The molecule has 0 heterocycles. The van der Waals surface area contributed by atoms with Gasteiger partial charge in [-0.1, -0.05) is 13.8 Å². The first-order chi connectivity index (χ1) is 7.11. The van der Waals surface area contributed by atoms with Crippen LogP contribution in [0.5, 0.6) is 0 Å². The molecule has 0 spiro atoms. The molecule has 2 unspecified atom stereocenters. The van der Waals surface area contributed by atoms with Gasteiger partial charge in [-0.25, -0.2) is 5.84 Å². The van der Waals surface area contributed by atoms with Gasteiger partial charge in [-0.05, 0) is 32.7 Å². The maximum Gasteiger partial charge on any atom is 0.238 e. The summed E-state index contributed by atoms with van der Waals surface area (Å²) in [6.45, 7) is 7.32. The number of carbonyl (C=O) groups is 1. The van der Waals surface area contributed by atoms with E-state index < -0.39 is 0 Å². The SMILES string of the molecule is CCCN(C1CC1)C(C)C(C)C(=O)NN. The number of nitrogens with zero attached hydrogens (tertiary/aromatic N) is 1. The molecule has 1 amide bonds. The number of amides is 1. The van der Waals surface area contributed by atoms with Crippen LogP contribution in [0.25, 0.3) is 0 Å². The minimum absolute atomic E-state index is 0.0397. The largest absolute Gasteiger partial charge is 0.297 e. The minimum atomic E-state index is -0.0655. The van der Waals surface area contributed by atoms with Crippen LogP contribution in [0.4, 0.5) is 0 Å². The highest BCUT2D eigenvalue weighted by Gasteiger charge is 2.35. The van der Waals surface area contributed by atoms with Crippen LogP contribution in [0, 0.1) is 5.92 Å². The van der Waals surface area contributed by atoms with Crippen molar-refractivity contribution in [2.24, 2.45) is 11.8 Å². The van der Waals surface area contributed by atoms with Crippen LogP contribution in [0.1, 0.15) is 40.0 Å². The highest BCUT2D eigenvalue weighted by molar-refractivity contribution is 5.78. The molecule has 15 heavy (non-hydrogen) atoms. The molecule has 0 saturated heterocycles. The Morgan fingerprint density at radius 1 is 1.53 bits per heavy atom. The summed E-state index contributed by atoms with van der Waals surface area (Å²) in [4.78, 5) is 13.9. The Bertz CT molecular complexity index is 216. The summed E-state index contributed by atoms with van der Waals surface area (Å²) < 4.78 is 0. The topological polar surface area (TPSA) is 58.4 Å². The highest BCUT2D eigenvalue weighted by Crippen LogP contribution is 2.30. The highest BCUT2D eigenvalue weighted by atomic mass is 16.2. The Labute approximate surface area is 92.2 Å². The van der Waals surface area contributed by atoms with Crippen molar-refractivity contribution in [3.05, 3.63) is 0 Å². The fourth-order valence-corrected chi connectivity index (χ4v) is 2.02. The summed E-state index contributed by atoms with van der Waals surface area (Å²) in [5, 5.41) is 0. The second kappa shape index (κ2) is 5.47. The van der Waals surface area contributed by atoms with Crippen molar-refractivity contribution < 1.29 is 4.79 Å². The fraction of sp³-hybridized carbons (Fsp3) is 0.909. The lowest BCUT2D eigenvalue weighted by molar-refractivity contribution is -0.126. The number of carbonyl (C=O) groups excluding carboxylic acids is 1. The Hall–Kier alpha value is -0.610. The standard InChI is InChI=1S/C11H23N3O/c1-4-7-14(10-5-6-10)9(3)8(2)11(15)13-12/h8-10H,4-7,12H2,1-3H3,(H,13,15). The van der Waals surface area contributed by atoms with Gasteiger partial charge in [-0.2, -0.15) is 0 Å². The number of hydrazine groups is 1. The van der Waals surface area contributed by atoms with Crippen molar-refractivity contribution in [2.45, 2.75) is 52.1 Å². The second-order valence-corrected chi connectivity index (χ2v) is 4.51. The van der Waals surface area contributed by atoms with Gasteiger partial charge in [0.05, 0.1) is 5.92 Å². The summed E-state index contributed by atoms with van der Waals surface area (Å²) in [7, 11) is 0. The molecule has 0 radical (unpaired) electrons. The molecule has 1 fully saturated rings. The predicted octanol–water partition coefficient (Wildman–Crippen LogP) is 0.875. The van der Waals surface area contributed by atoms with Gasteiger partial charge in [0.1, 0.15) is 0 Å². The third kappa shape index (κ3) is 3.18. The molecule has 1 aliphatic rings. The van der Waals surface area contributed by atoms with Gasteiger partial charge in [0, 0.05) is 12.1 Å². The minimum Gasteiger partial charge on any atom is -0.297 e. The van der Waals surface area contributed by atoms with Crippen molar-refractivity contribution >= 4 is 5.91 Å². The van der Waals surface area contributed by atoms with Gasteiger partial charge in [0.25, 0.3) is 0 Å². The molecule has 0 aromatic rings. The third-order valence-electron chi connectivity index (χ3n) is 3.30. The van der Waals surface area contributed by atoms with E-state index in [1.165, 1.54) is 12.8 Å². The van der Waals surface area contributed by atoms with Gasteiger partial charge in [-0.15, -0.1) is 0 Å². The smallest absolute Gasteiger partial charge is 0.238 e. The van der Waals surface area contributed by atoms with E-state index in [4.69, 9.17) is 5.84 Å². The first-order valence-electron chi connectivity index (χ1n) is 5.88. The van der Waals surface area contributed by atoms with Gasteiger partial charge in [0.2, 0.25) is 5.91 Å². The second-order valence-electron chi connectivity index (χ2n) is 4.51. The van der Waals surface area contributed by atoms with Gasteiger partial charge in [-0.3, -0.25) is 15.1 Å². The first-order valence-corrected chi connectivity index (χ1v) is 5.88. The van der Waals surface area contributed by atoms with Crippen LogP contribution in [0.2, 0.25) is 0 Å². The molecule has 0 aromatic heterocycles. The quantitative estimate of drug-likeness (QED) is 0.391. The summed E-state index contributed by atoms with van der Waals surface area (Å²) in [5.74, 6) is 5.05. The van der Waals surface area contributed by atoms with E-state index in [0.717, 1.165) is 13.0 Å². The summed E-state index contributed by atoms with van der Waals surface area (Å²) in [6, 6.07) is 0.981. The number of nitrogens with two attached hydrogens (primary N) is 1. The number of nitrogens with one attached hydrogen (secondary N) is 1. The molecule has 0 bridgehead atoms. The molecule has 4 heteroatoms. The molecule has 0 aliphatic heterocycles. The van der Waals surface area contributed by atoms with Crippen LogP contribution in [-0.4, -0.2) is 29.4 Å². The molecule has 1 saturated carbocycles. The fourth-order valence-electron chi connectivity index (χ4n) is 2.02. The number of hydrogen-bond donors (Lipinski definition) is 2. The normalized spacial score (nSPS) is 20.1. The van der Waals surface area contributed by atoms with Crippen LogP contribution >= 0.6 is 0 Å². The Morgan fingerprint density at radius 3 is 2.53 bits per heavy atom. The predicted molar refractivity (Wildman–Crippen MR) is 61.0 cm³/mol. The average molecular weight is 213 g/mol. The molecule has 0 aromatic carbocycles. The number of hydrogen-bond acceptors (Lipinski definition) is 3. The van der Waals surface area contributed by atoms with Crippen LogP contribution in [0.15, 0.2) is 0 Å². The maximum absolute atomic E-state index is 11.4. The van der Waals surface area contributed by atoms with Crippen LogP contribution in [0.3, 0.4) is 0 Å². The lowest BCUT2D eigenvalue weighted by Gasteiger charge is -2.32. The molecular formula is C11H23N3O. The zero-order valence-electron chi connectivity index (χ0n) is 9.99. The first kappa shape index (κ1) is 12.5. The molecule has 2 atom stereocenters. The maximum atomic E-state index is 11.4. The summed E-state index contributed by atoms with van der Waals surface area (Å²) in [5.41, 5.74) is 2.24. The molecule has 88 valence electrons. The zero-order chi connectivity index (χ0) is 11.4. The Balaban J connectivity index is 2.53. The molecule has 1 aliphatic carbocycles. The lowest BCUT2D eigenvalue weighted by atomic mass is 10.0. The van der Waals surface area contributed by atoms with Gasteiger partial charge in [0.15, 0.2) is 0 Å². The third-order valence-corrected chi connectivity index (χ3v) is 3.30. The van der Waals surface area contributed by atoms with Gasteiger partial charge < -0.3 is 0 Å². The van der Waals surface area contributed by atoms with E-state index in [-0.39, 0.29) is 17.9 Å². The monoisotopic (exact) mass is 213 g/mol. The van der Waals surface area contributed by atoms with Crippen molar-refractivity contribution in [1.29, 1.82) is 0 Å². The van der Waals surface area contributed by atoms with E-state index >= 15 is 0 Å². The molecular weight excluding hydrogens is 190 g/mol. The van der Waals surface area contributed by atoms with E-state index in [2.05, 4.69) is 24.2 Å². The molecule has 1 rings (SSSR count). The van der Waals surface area contributed by atoms with E-state index in [9.17, 15) is 4.79 Å². The van der Waals surface area contributed by atoms with Crippen molar-refractivity contribution in [2.75, 3.05) is 6.54 Å². The van der Waals surface area contributed by atoms with E-state index in [1.54, 1.807) is 0 Å². The Kier molecular flexibility index (Phi) is 4.54. The number of rotatable bonds is 6. The van der Waals surface area contributed by atoms with Crippen LogP contribution < -0.4 is 11.3 Å². The van der Waals surface area contributed by atoms with Gasteiger partial charge >= 0.3 is 0 Å². The lowest BCUT2D eigenvalue weighted by Crippen LogP contribution is -2.47. The molecule has 4 nitrogen and oxygen atoms in total. The van der Waals surface area contributed by atoms with E-state index in [0.29, 0.717) is 6.04 Å². The molecule has 3 N–H and O–H groups in total. The summed E-state index contributed by atoms with van der Waals surface area (Å²) in [6.07, 6.45) is 3.69. The Morgan fingerprint density at radius 2 is 2.13 bits per heavy atom.